The fourth-order valence-electron chi connectivity index (χ4n) is 3.93. The van der Waals surface area contributed by atoms with Crippen molar-refractivity contribution >= 4 is 11.7 Å². The Morgan fingerprint density at radius 3 is 2.88 bits per heavy atom. The molecule has 0 aromatic carbocycles. The second-order valence-electron chi connectivity index (χ2n) is 7.12. The Labute approximate surface area is 145 Å². The van der Waals surface area contributed by atoms with Crippen LogP contribution in [0.4, 0.5) is 5.82 Å². The van der Waals surface area contributed by atoms with E-state index in [9.17, 15) is 4.79 Å². The molecule has 1 unspecified atom stereocenters. The number of ether oxygens (including phenoxy) is 1. The minimum atomic E-state index is 0.107. The van der Waals surface area contributed by atoms with Gasteiger partial charge in [0, 0.05) is 44.4 Å². The number of likely N-dealkylation sites (tertiary alicyclic amines) is 1. The van der Waals surface area contributed by atoms with Crippen molar-refractivity contribution in [2.75, 3.05) is 44.3 Å². The first kappa shape index (κ1) is 17.2. The normalized spacial score (nSPS) is 23.7. The zero-order chi connectivity index (χ0) is 17.0. The van der Waals surface area contributed by atoms with Crippen LogP contribution in [0.25, 0.3) is 0 Å². The van der Waals surface area contributed by atoms with Crippen LogP contribution in [0.5, 0.6) is 0 Å². The van der Waals surface area contributed by atoms with E-state index in [1.165, 1.54) is 6.42 Å². The van der Waals surface area contributed by atoms with Gasteiger partial charge in [0.1, 0.15) is 5.82 Å². The molecule has 2 saturated heterocycles. The first-order chi connectivity index (χ1) is 11.7. The predicted octanol–water partition coefficient (Wildman–Crippen LogP) is 2.96. The summed E-state index contributed by atoms with van der Waals surface area (Å²) in [4.78, 5) is 21.5. The molecular weight excluding hydrogens is 302 g/mol. The number of pyridine rings is 1. The summed E-state index contributed by atoms with van der Waals surface area (Å²) in [6.07, 6.45) is 6.18. The van der Waals surface area contributed by atoms with Gasteiger partial charge in [-0.15, -0.1) is 0 Å². The average Bonchev–Trinajstić information content (AvgIpc) is 3.03. The first-order valence-corrected chi connectivity index (χ1v) is 9.25. The standard InChI is InChI=1S/C19H29N3O2/c1-3-10-21(4-2)17-7-6-16(13-20-17)18(23)22-11-9-19(14-22)8-5-12-24-15-19/h6-7,13H,3-5,8-12,14-15H2,1-2H3. The topological polar surface area (TPSA) is 45.7 Å². The second kappa shape index (κ2) is 7.51. The molecule has 3 heterocycles. The van der Waals surface area contributed by atoms with Gasteiger partial charge in [-0.1, -0.05) is 6.92 Å². The number of aromatic nitrogens is 1. The van der Waals surface area contributed by atoms with Gasteiger partial charge in [-0.3, -0.25) is 4.79 Å². The zero-order valence-electron chi connectivity index (χ0n) is 15.0. The summed E-state index contributed by atoms with van der Waals surface area (Å²) in [6, 6.07) is 3.90. The van der Waals surface area contributed by atoms with Gasteiger partial charge in [0.05, 0.1) is 12.2 Å². The number of amides is 1. The minimum Gasteiger partial charge on any atom is -0.381 e. The molecule has 5 heteroatoms. The Morgan fingerprint density at radius 1 is 1.38 bits per heavy atom. The van der Waals surface area contributed by atoms with Gasteiger partial charge >= 0.3 is 0 Å². The lowest BCUT2D eigenvalue weighted by molar-refractivity contribution is -0.00160. The number of hydrogen-bond acceptors (Lipinski definition) is 4. The number of nitrogens with zero attached hydrogens (tertiary/aromatic N) is 3. The van der Waals surface area contributed by atoms with Gasteiger partial charge in [-0.2, -0.15) is 0 Å². The van der Waals surface area contributed by atoms with Crippen molar-refractivity contribution in [1.82, 2.24) is 9.88 Å². The summed E-state index contributed by atoms with van der Waals surface area (Å²) >= 11 is 0. The highest BCUT2D eigenvalue weighted by Gasteiger charge is 2.41. The van der Waals surface area contributed by atoms with Crippen LogP contribution in [-0.4, -0.2) is 55.2 Å². The predicted molar refractivity (Wildman–Crippen MR) is 95.4 cm³/mol. The molecule has 132 valence electrons. The van der Waals surface area contributed by atoms with Crippen LogP contribution >= 0.6 is 0 Å². The fraction of sp³-hybridized carbons (Fsp3) is 0.684. The van der Waals surface area contributed by atoms with E-state index in [1.54, 1.807) is 6.20 Å². The third-order valence-corrected chi connectivity index (χ3v) is 5.32. The molecule has 1 spiro atoms. The summed E-state index contributed by atoms with van der Waals surface area (Å²) in [7, 11) is 0. The Hall–Kier alpha value is -1.62. The number of carbonyl (C=O) groups excluding carboxylic acids is 1. The van der Waals surface area contributed by atoms with Crippen molar-refractivity contribution in [3.8, 4) is 0 Å². The van der Waals surface area contributed by atoms with E-state index < -0.39 is 0 Å². The maximum Gasteiger partial charge on any atom is 0.255 e. The summed E-state index contributed by atoms with van der Waals surface area (Å²) in [5.41, 5.74) is 0.890. The molecular formula is C19H29N3O2. The quantitative estimate of drug-likeness (QED) is 0.832. The van der Waals surface area contributed by atoms with Crippen LogP contribution in [-0.2, 0) is 4.74 Å². The molecule has 0 N–H and O–H groups in total. The second-order valence-corrected chi connectivity index (χ2v) is 7.12. The molecule has 2 aliphatic heterocycles. The van der Waals surface area contributed by atoms with E-state index in [2.05, 4.69) is 23.7 Å². The van der Waals surface area contributed by atoms with Crippen LogP contribution in [0.15, 0.2) is 18.3 Å². The van der Waals surface area contributed by atoms with Crippen LogP contribution in [0, 0.1) is 5.41 Å². The van der Waals surface area contributed by atoms with Gasteiger partial charge in [0.25, 0.3) is 5.91 Å². The van der Waals surface area contributed by atoms with Gasteiger partial charge in [0.15, 0.2) is 0 Å². The largest absolute Gasteiger partial charge is 0.381 e. The average molecular weight is 331 g/mol. The minimum absolute atomic E-state index is 0.107. The van der Waals surface area contributed by atoms with E-state index >= 15 is 0 Å². The van der Waals surface area contributed by atoms with E-state index in [1.807, 2.05) is 17.0 Å². The van der Waals surface area contributed by atoms with Crippen molar-refractivity contribution in [2.24, 2.45) is 5.41 Å². The zero-order valence-corrected chi connectivity index (χ0v) is 15.0. The molecule has 3 rings (SSSR count). The number of anilines is 1. The van der Waals surface area contributed by atoms with Crippen LogP contribution in [0.3, 0.4) is 0 Å². The Bertz CT molecular complexity index is 552. The van der Waals surface area contributed by atoms with Crippen molar-refractivity contribution < 1.29 is 9.53 Å². The Morgan fingerprint density at radius 2 is 2.25 bits per heavy atom. The Balaban J connectivity index is 1.65. The van der Waals surface area contributed by atoms with E-state index in [4.69, 9.17) is 4.74 Å². The SMILES string of the molecule is CCCN(CC)c1ccc(C(=O)N2CCC3(CCCOC3)C2)cn1. The maximum atomic E-state index is 12.8. The molecule has 1 amide bonds. The van der Waals surface area contributed by atoms with Crippen molar-refractivity contribution in [1.29, 1.82) is 0 Å². The molecule has 24 heavy (non-hydrogen) atoms. The highest BCUT2D eigenvalue weighted by atomic mass is 16.5. The monoisotopic (exact) mass is 331 g/mol. The molecule has 5 nitrogen and oxygen atoms in total. The molecule has 1 aromatic rings. The molecule has 0 aliphatic carbocycles. The lowest BCUT2D eigenvalue weighted by atomic mass is 9.82. The Kier molecular flexibility index (Phi) is 5.39. The smallest absolute Gasteiger partial charge is 0.255 e. The van der Waals surface area contributed by atoms with Crippen molar-refractivity contribution in [3.63, 3.8) is 0 Å². The van der Waals surface area contributed by atoms with Gasteiger partial charge in [0.2, 0.25) is 0 Å². The van der Waals surface area contributed by atoms with E-state index in [0.717, 1.165) is 64.5 Å². The summed E-state index contributed by atoms with van der Waals surface area (Å²) in [5.74, 6) is 1.06. The van der Waals surface area contributed by atoms with Crippen LogP contribution in [0.2, 0.25) is 0 Å². The fourth-order valence-corrected chi connectivity index (χ4v) is 3.93. The molecule has 1 atom stereocenters. The van der Waals surface area contributed by atoms with Gasteiger partial charge < -0.3 is 14.5 Å². The first-order valence-electron chi connectivity index (χ1n) is 9.25. The highest BCUT2D eigenvalue weighted by molar-refractivity contribution is 5.94. The molecule has 0 saturated carbocycles. The number of hydrogen-bond donors (Lipinski definition) is 0. The van der Waals surface area contributed by atoms with Crippen molar-refractivity contribution in [2.45, 2.75) is 39.5 Å². The molecule has 1 aromatic heterocycles. The highest BCUT2D eigenvalue weighted by Crippen LogP contribution is 2.38. The number of carbonyl (C=O) groups is 1. The van der Waals surface area contributed by atoms with E-state index in [-0.39, 0.29) is 11.3 Å². The summed E-state index contributed by atoms with van der Waals surface area (Å²) in [5, 5.41) is 0. The van der Waals surface area contributed by atoms with Gasteiger partial charge in [-0.05, 0) is 44.7 Å². The number of rotatable bonds is 5. The summed E-state index contributed by atoms with van der Waals surface area (Å²) < 4.78 is 5.66. The maximum absolute atomic E-state index is 12.8. The van der Waals surface area contributed by atoms with Crippen molar-refractivity contribution in [3.05, 3.63) is 23.9 Å². The molecule has 0 bridgehead atoms. The molecule has 2 fully saturated rings. The van der Waals surface area contributed by atoms with Crippen LogP contribution < -0.4 is 4.90 Å². The lowest BCUT2D eigenvalue weighted by Crippen LogP contribution is -2.37. The third-order valence-electron chi connectivity index (χ3n) is 5.32. The third kappa shape index (κ3) is 3.56. The van der Waals surface area contributed by atoms with E-state index in [0.29, 0.717) is 5.56 Å². The van der Waals surface area contributed by atoms with Crippen LogP contribution in [0.1, 0.15) is 49.9 Å². The lowest BCUT2D eigenvalue weighted by Gasteiger charge is -2.33. The molecule has 2 aliphatic rings. The van der Waals surface area contributed by atoms with Gasteiger partial charge in [-0.25, -0.2) is 4.98 Å². The summed E-state index contributed by atoms with van der Waals surface area (Å²) in [6.45, 7) is 9.55. The molecule has 0 radical (unpaired) electrons.